The molecule has 0 heterocycles. The maximum Gasteiger partial charge on any atom is 0.0833 e. The zero-order valence-corrected chi connectivity index (χ0v) is 12.0. The summed E-state index contributed by atoms with van der Waals surface area (Å²) in [6.45, 7) is 5.04. The first-order chi connectivity index (χ1) is 9.09. The molecule has 2 atom stereocenters. The van der Waals surface area contributed by atoms with Crippen LogP contribution in [0.3, 0.4) is 0 Å². The van der Waals surface area contributed by atoms with Crippen LogP contribution in [-0.2, 0) is 12.8 Å². The van der Waals surface area contributed by atoms with Gasteiger partial charge in [0.25, 0.3) is 0 Å². The maximum atomic E-state index is 11.2. The Morgan fingerprint density at radius 1 is 1.16 bits per heavy atom. The number of hydrogen-bond donors (Lipinski definition) is 2. The molecule has 104 valence electrons. The Morgan fingerprint density at radius 3 is 2.16 bits per heavy atom. The molecule has 19 heavy (non-hydrogen) atoms. The van der Waals surface area contributed by atoms with Crippen molar-refractivity contribution in [3.05, 3.63) is 35.4 Å². The zero-order chi connectivity index (χ0) is 13.5. The Balaban J connectivity index is 1.86. The fourth-order valence-electron chi connectivity index (χ4n) is 3.94. The van der Waals surface area contributed by atoms with Gasteiger partial charge >= 0.3 is 0 Å². The molecule has 2 aliphatic rings. The Hall–Kier alpha value is -0.860. The molecule has 1 aromatic carbocycles. The van der Waals surface area contributed by atoms with E-state index >= 15 is 0 Å². The average Bonchev–Trinajstić information content (AvgIpc) is 2.59. The van der Waals surface area contributed by atoms with Crippen LogP contribution in [0, 0.1) is 11.8 Å². The topological polar surface area (TPSA) is 32.3 Å². The molecule has 0 radical (unpaired) electrons. The predicted molar refractivity (Wildman–Crippen MR) is 78.2 cm³/mol. The highest BCUT2D eigenvalue weighted by Gasteiger charge is 2.49. The Morgan fingerprint density at radius 2 is 1.68 bits per heavy atom. The molecule has 0 aliphatic heterocycles. The molecular formula is C17H25NO. The van der Waals surface area contributed by atoms with Gasteiger partial charge in [0, 0.05) is 12.6 Å². The summed E-state index contributed by atoms with van der Waals surface area (Å²) in [5.74, 6) is 0.847. The summed E-state index contributed by atoms with van der Waals surface area (Å²) in [6.07, 6.45) is 4.44. The quantitative estimate of drug-likeness (QED) is 0.874. The largest absolute Gasteiger partial charge is 0.388 e. The highest BCUT2D eigenvalue weighted by atomic mass is 16.3. The van der Waals surface area contributed by atoms with Crippen molar-refractivity contribution >= 4 is 0 Å². The molecule has 2 N–H and O–H groups in total. The summed E-state index contributed by atoms with van der Waals surface area (Å²) >= 11 is 0. The van der Waals surface area contributed by atoms with E-state index in [-0.39, 0.29) is 0 Å². The molecule has 0 saturated heterocycles. The van der Waals surface area contributed by atoms with Gasteiger partial charge in [0.2, 0.25) is 0 Å². The zero-order valence-electron chi connectivity index (χ0n) is 12.0. The van der Waals surface area contributed by atoms with Crippen LogP contribution in [-0.4, -0.2) is 23.3 Å². The first-order valence-corrected chi connectivity index (χ1v) is 7.62. The standard InChI is InChI=1S/C17H25NO/c1-12(2)18-11-17(19)15-7-8-16(17)10-14-6-4-3-5-13(14)9-15/h3-6,12,15-16,18-19H,7-11H2,1-2H3. The lowest BCUT2D eigenvalue weighted by Crippen LogP contribution is -2.50. The molecule has 2 nitrogen and oxygen atoms in total. The number of rotatable bonds is 3. The van der Waals surface area contributed by atoms with Gasteiger partial charge in [-0.05, 0) is 48.6 Å². The minimum atomic E-state index is -0.511. The Bertz CT molecular complexity index is 421. The molecule has 1 aromatic rings. The third-order valence-corrected chi connectivity index (χ3v) is 5.12. The second-order valence-electron chi connectivity index (χ2n) is 6.67. The number of aliphatic hydroxyl groups is 1. The lowest BCUT2D eigenvalue weighted by Gasteiger charge is -2.35. The fourth-order valence-corrected chi connectivity index (χ4v) is 3.94. The van der Waals surface area contributed by atoms with E-state index in [0.717, 1.165) is 19.4 Å². The smallest absolute Gasteiger partial charge is 0.0833 e. The molecule has 2 heteroatoms. The SMILES string of the molecule is CC(C)NCC1(O)C2CCC1Cc1ccccc1C2. The maximum absolute atomic E-state index is 11.2. The summed E-state index contributed by atoms with van der Waals surface area (Å²) in [6, 6.07) is 9.18. The van der Waals surface area contributed by atoms with Crippen LogP contribution in [0.1, 0.15) is 37.8 Å². The summed E-state index contributed by atoms with van der Waals surface area (Å²) in [4.78, 5) is 0. The van der Waals surface area contributed by atoms with Gasteiger partial charge in [-0.25, -0.2) is 0 Å². The van der Waals surface area contributed by atoms with Crippen LogP contribution in [0.15, 0.2) is 24.3 Å². The Kier molecular flexibility index (Phi) is 3.40. The van der Waals surface area contributed by atoms with Gasteiger partial charge < -0.3 is 10.4 Å². The lowest BCUT2D eigenvalue weighted by molar-refractivity contribution is -0.0332. The fraction of sp³-hybridized carbons (Fsp3) is 0.647. The second kappa shape index (κ2) is 4.92. The van der Waals surface area contributed by atoms with Gasteiger partial charge in [-0.2, -0.15) is 0 Å². The predicted octanol–water partition coefficient (Wildman–Crippen LogP) is 2.54. The van der Waals surface area contributed by atoms with E-state index in [9.17, 15) is 5.11 Å². The Labute approximate surface area is 116 Å². The van der Waals surface area contributed by atoms with Crippen molar-refractivity contribution in [3.8, 4) is 0 Å². The molecule has 2 unspecified atom stereocenters. The van der Waals surface area contributed by atoms with Crippen molar-refractivity contribution < 1.29 is 5.11 Å². The van der Waals surface area contributed by atoms with Gasteiger partial charge in [-0.3, -0.25) is 0 Å². The number of hydrogen-bond acceptors (Lipinski definition) is 2. The number of benzene rings is 1. The first-order valence-electron chi connectivity index (χ1n) is 7.62. The van der Waals surface area contributed by atoms with E-state index in [1.54, 1.807) is 0 Å². The van der Waals surface area contributed by atoms with Crippen LogP contribution < -0.4 is 5.32 Å². The normalized spacial score (nSPS) is 33.3. The summed E-state index contributed by atoms with van der Waals surface area (Å²) < 4.78 is 0. The first kappa shape index (κ1) is 13.1. The van der Waals surface area contributed by atoms with Gasteiger partial charge in [0.1, 0.15) is 0 Å². The minimum Gasteiger partial charge on any atom is -0.388 e. The molecule has 3 rings (SSSR count). The minimum absolute atomic E-state index is 0.424. The van der Waals surface area contributed by atoms with Gasteiger partial charge in [0.15, 0.2) is 0 Å². The van der Waals surface area contributed by atoms with Crippen LogP contribution >= 0.6 is 0 Å². The van der Waals surface area contributed by atoms with Crippen LogP contribution in [0.25, 0.3) is 0 Å². The van der Waals surface area contributed by atoms with Crippen molar-refractivity contribution in [1.29, 1.82) is 0 Å². The molecular weight excluding hydrogens is 234 g/mol. The molecule has 0 amide bonds. The highest BCUT2D eigenvalue weighted by molar-refractivity contribution is 5.31. The molecule has 0 aromatic heterocycles. The lowest BCUT2D eigenvalue weighted by atomic mass is 9.82. The van der Waals surface area contributed by atoms with E-state index in [2.05, 4.69) is 43.4 Å². The molecule has 2 aliphatic carbocycles. The van der Waals surface area contributed by atoms with Gasteiger partial charge in [-0.1, -0.05) is 38.1 Å². The monoisotopic (exact) mass is 259 g/mol. The second-order valence-corrected chi connectivity index (χ2v) is 6.67. The van der Waals surface area contributed by atoms with Crippen molar-refractivity contribution in [2.24, 2.45) is 11.8 Å². The van der Waals surface area contributed by atoms with Crippen molar-refractivity contribution in [2.75, 3.05) is 6.54 Å². The van der Waals surface area contributed by atoms with Crippen LogP contribution in [0.5, 0.6) is 0 Å². The summed E-state index contributed by atoms with van der Waals surface area (Å²) in [5, 5.41) is 14.7. The summed E-state index contributed by atoms with van der Waals surface area (Å²) in [7, 11) is 0. The van der Waals surface area contributed by atoms with Crippen LogP contribution in [0.2, 0.25) is 0 Å². The van der Waals surface area contributed by atoms with Crippen molar-refractivity contribution in [3.63, 3.8) is 0 Å². The van der Waals surface area contributed by atoms with E-state index in [0.29, 0.717) is 17.9 Å². The molecule has 0 spiro atoms. The number of nitrogens with one attached hydrogen (secondary N) is 1. The number of fused-ring (bicyclic) bond motifs is 3. The van der Waals surface area contributed by atoms with E-state index in [1.165, 1.54) is 24.0 Å². The third-order valence-electron chi connectivity index (χ3n) is 5.12. The van der Waals surface area contributed by atoms with E-state index in [4.69, 9.17) is 0 Å². The average molecular weight is 259 g/mol. The van der Waals surface area contributed by atoms with E-state index < -0.39 is 5.60 Å². The van der Waals surface area contributed by atoms with Gasteiger partial charge in [-0.15, -0.1) is 0 Å². The highest BCUT2D eigenvalue weighted by Crippen LogP contribution is 2.46. The molecule has 1 saturated carbocycles. The van der Waals surface area contributed by atoms with Crippen molar-refractivity contribution in [2.45, 2.75) is 51.2 Å². The summed E-state index contributed by atoms with van der Waals surface area (Å²) in [5.41, 5.74) is 2.40. The van der Waals surface area contributed by atoms with E-state index in [1.807, 2.05) is 0 Å². The van der Waals surface area contributed by atoms with Gasteiger partial charge in [0.05, 0.1) is 5.60 Å². The molecule has 2 bridgehead atoms. The molecule has 1 fully saturated rings. The van der Waals surface area contributed by atoms with Crippen LogP contribution in [0.4, 0.5) is 0 Å². The van der Waals surface area contributed by atoms with Crippen molar-refractivity contribution in [1.82, 2.24) is 5.32 Å². The third kappa shape index (κ3) is 2.32.